The van der Waals surface area contributed by atoms with Gasteiger partial charge in [0.25, 0.3) is 0 Å². The molecule has 0 aliphatic carbocycles. The average Bonchev–Trinajstić information content (AvgIpc) is 2.50. The van der Waals surface area contributed by atoms with Crippen LogP contribution in [0.3, 0.4) is 0 Å². The Balaban J connectivity index is 0.00000288. The summed E-state index contributed by atoms with van der Waals surface area (Å²) >= 11 is 0. The van der Waals surface area contributed by atoms with E-state index in [9.17, 15) is 17.6 Å². The number of halogens is 2. The number of amides is 1. The molecule has 1 aliphatic heterocycles. The second-order valence-corrected chi connectivity index (χ2v) is 7.35. The van der Waals surface area contributed by atoms with Gasteiger partial charge in [-0.15, -0.1) is 12.4 Å². The molecule has 1 aromatic carbocycles. The van der Waals surface area contributed by atoms with E-state index in [0.29, 0.717) is 38.2 Å². The molecule has 2 N–H and O–H groups in total. The summed E-state index contributed by atoms with van der Waals surface area (Å²) in [7, 11) is -3.68. The fourth-order valence-corrected chi connectivity index (χ4v) is 4.06. The van der Waals surface area contributed by atoms with Gasteiger partial charge in [-0.1, -0.05) is 19.9 Å². The van der Waals surface area contributed by atoms with Crippen LogP contribution in [0.25, 0.3) is 0 Å². The normalized spacial score (nSPS) is 14.0. The van der Waals surface area contributed by atoms with Crippen LogP contribution in [-0.2, 0) is 27.8 Å². The molecule has 136 valence electrons. The highest BCUT2D eigenvalue weighted by molar-refractivity contribution is 7.89. The van der Waals surface area contributed by atoms with E-state index in [-0.39, 0.29) is 18.1 Å². The van der Waals surface area contributed by atoms with Crippen molar-refractivity contribution in [3.63, 3.8) is 0 Å². The lowest BCUT2D eigenvalue weighted by Gasteiger charge is -2.20. The molecule has 0 fully saturated rings. The number of nitrogens with zero attached hydrogens (tertiary/aromatic N) is 1. The maximum atomic E-state index is 14.4. The molecule has 0 radical (unpaired) electrons. The molecule has 24 heavy (non-hydrogen) atoms. The van der Waals surface area contributed by atoms with Crippen molar-refractivity contribution in [2.75, 3.05) is 30.7 Å². The zero-order valence-corrected chi connectivity index (χ0v) is 15.4. The SMILES string of the molecule is CCN(CC)S(=O)(=O)CC(=O)Nc1ccc2c(c1F)CCNC2.Cl. The van der Waals surface area contributed by atoms with Gasteiger partial charge in [-0.25, -0.2) is 17.1 Å². The number of carbonyl (C=O) groups excluding carboxylic acids is 1. The minimum atomic E-state index is -3.68. The molecule has 2 rings (SSSR count). The van der Waals surface area contributed by atoms with Gasteiger partial charge in [0, 0.05) is 19.6 Å². The van der Waals surface area contributed by atoms with E-state index in [4.69, 9.17) is 0 Å². The van der Waals surface area contributed by atoms with Crippen molar-refractivity contribution in [2.24, 2.45) is 0 Å². The van der Waals surface area contributed by atoms with E-state index in [2.05, 4.69) is 10.6 Å². The van der Waals surface area contributed by atoms with Gasteiger partial charge in [-0.2, -0.15) is 0 Å². The Morgan fingerprint density at radius 3 is 2.62 bits per heavy atom. The molecule has 0 atom stereocenters. The van der Waals surface area contributed by atoms with Gasteiger partial charge < -0.3 is 10.6 Å². The third-order valence-electron chi connectivity index (χ3n) is 3.89. The number of nitrogens with one attached hydrogen (secondary N) is 2. The molecular formula is C15H23ClFN3O3S. The van der Waals surface area contributed by atoms with Crippen LogP contribution in [-0.4, -0.2) is 44.0 Å². The highest BCUT2D eigenvalue weighted by atomic mass is 35.5. The van der Waals surface area contributed by atoms with Crippen LogP contribution in [0.2, 0.25) is 0 Å². The van der Waals surface area contributed by atoms with E-state index < -0.39 is 27.5 Å². The highest BCUT2D eigenvalue weighted by Crippen LogP contribution is 2.24. The zero-order valence-electron chi connectivity index (χ0n) is 13.8. The van der Waals surface area contributed by atoms with Gasteiger partial charge in [0.05, 0.1) is 5.69 Å². The van der Waals surface area contributed by atoms with Crippen molar-refractivity contribution in [3.8, 4) is 0 Å². The Bertz CT molecular complexity index is 693. The van der Waals surface area contributed by atoms with E-state index in [1.165, 1.54) is 10.4 Å². The predicted molar refractivity (Wildman–Crippen MR) is 94.4 cm³/mol. The summed E-state index contributed by atoms with van der Waals surface area (Å²) in [5, 5.41) is 5.53. The van der Waals surface area contributed by atoms with Crippen LogP contribution in [0.5, 0.6) is 0 Å². The average molecular weight is 380 g/mol. The van der Waals surface area contributed by atoms with Gasteiger partial charge in [-0.3, -0.25) is 4.79 Å². The molecule has 0 saturated carbocycles. The molecule has 1 aliphatic rings. The van der Waals surface area contributed by atoms with Gasteiger partial charge in [0.2, 0.25) is 15.9 Å². The number of rotatable bonds is 6. The topological polar surface area (TPSA) is 78.5 Å². The van der Waals surface area contributed by atoms with E-state index >= 15 is 0 Å². The molecule has 6 nitrogen and oxygen atoms in total. The summed E-state index contributed by atoms with van der Waals surface area (Å²) in [6.45, 7) is 5.28. The number of anilines is 1. The molecule has 0 saturated heterocycles. The van der Waals surface area contributed by atoms with Crippen LogP contribution in [0.4, 0.5) is 10.1 Å². The first-order valence-corrected chi connectivity index (χ1v) is 9.28. The lowest BCUT2D eigenvalue weighted by molar-refractivity contribution is -0.114. The quantitative estimate of drug-likeness (QED) is 0.785. The number of sulfonamides is 1. The standard InChI is InChI=1S/C15H22FN3O3S.ClH/c1-3-19(4-2)23(21,22)10-14(20)18-13-6-5-11-9-17-8-7-12(11)15(13)16;/h5-6,17H,3-4,7-10H2,1-2H3,(H,18,20);1H. The molecule has 0 aromatic heterocycles. The van der Waals surface area contributed by atoms with Crippen molar-refractivity contribution >= 4 is 34.0 Å². The smallest absolute Gasteiger partial charge is 0.241 e. The second kappa shape index (κ2) is 8.75. The Labute approximate surface area is 148 Å². The lowest BCUT2D eigenvalue weighted by atomic mass is 9.99. The van der Waals surface area contributed by atoms with E-state index in [0.717, 1.165) is 5.56 Å². The summed E-state index contributed by atoms with van der Waals surface area (Å²) in [6, 6.07) is 3.22. The molecule has 1 heterocycles. The van der Waals surface area contributed by atoms with Gasteiger partial charge in [0.15, 0.2) is 0 Å². The Morgan fingerprint density at radius 1 is 1.33 bits per heavy atom. The summed E-state index contributed by atoms with van der Waals surface area (Å²) in [5.41, 5.74) is 1.47. The van der Waals surface area contributed by atoms with Crippen molar-refractivity contribution < 1.29 is 17.6 Å². The second-order valence-electron chi connectivity index (χ2n) is 5.38. The van der Waals surface area contributed by atoms with Crippen LogP contribution >= 0.6 is 12.4 Å². The van der Waals surface area contributed by atoms with Crippen LogP contribution < -0.4 is 10.6 Å². The van der Waals surface area contributed by atoms with Crippen LogP contribution in [0.15, 0.2) is 12.1 Å². The molecule has 9 heteroatoms. The number of hydrogen-bond donors (Lipinski definition) is 2. The molecule has 0 bridgehead atoms. The van der Waals surface area contributed by atoms with Crippen molar-refractivity contribution in [3.05, 3.63) is 29.1 Å². The molecule has 0 spiro atoms. The Kier molecular flexibility index (Phi) is 7.59. The molecule has 1 aromatic rings. The molecule has 1 amide bonds. The monoisotopic (exact) mass is 379 g/mol. The number of benzene rings is 1. The fraction of sp³-hybridized carbons (Fsp3) is 0.533. The summed E-state index contributed by atoms with van der Waals surface area (Å²) in [6.07, 6.45) is 0.544. The highest BCUT2D eigenvalue weighted by Gasteiger charge is 2.24. The van der Waals surface area contributed by atoms with Crippen molar-refractivity contribution in [1.82, 2.24) is 9.62 Å². The summed E-state index contributed by atoms with van der Waals surface area (Å²) in [5.74, 6) is -1.89. The van der Waals surface area contributed by atoms with Crippen molar-refractivity contribution in [1.29, 1.82) is 0 Å². The maximum Gasteiger partial charge on any atom is 0.241 e. The van der Waals surface area contributed by atoms with Gasteiger partial charge >= 0.3 is 0 Å². The minimum absolute atomic E-state index is 0. The predicted octanol–water partition coefficient (Wildman–Crippen LogP) is 1.50. The fourth-order valence-electron chi connectivity index (χ4n) is 2.69. The number of fused-ring (bicyclic) bond motifs is 1. The van der Waals surface area contributed by atoms with Gasteiger partial charge in [-0.05, 0) is 30.2 Å². The molecule has 0 unspecified atom stereocenters. The largest absolute Gasteiger partial charge is 0.323 e. The zero-order chi connectivity index (χ0) is 17.0. The third-order valence-corrected chi connectivity index (χ3v) is 5.82. The third kappa shape index (κ3) is 4.66. The first kappa shape index (κ1) is 20.8. The van der Waals surface area contributed by atoms with Crippen LogP contribution in [0.1, 0.15) is 25.0 Å². The summed E-state index contributed by atoms with van der Waals surface area (Å²) < 4.78 is 39.8. The minimum Gasteiger partial charge on any atom is -0.323 e. The summed E-state index contributed by atoms with van der Waals surface area (Å²) in [4.78, 5) is 12.0. The maximum absolute atomic E-state index is 14.4. The first-order chi connectivity index (χ1) is 10.9. The first-order valence-electron chi connectivity index (χ1n) is 7.67. The number of carbonyl (C=O) groups is 1. The van der Waals surface area contributed by atoms with Crippen molar-refractivity contribution in [2.45, 2.75) is 26.8 Å². The Morgan fingerprint density at radius 2 is 2.00 bits per heavy atom. The number of hydrogen-bond acceptors (Lipinski definition) is 4. The Hall–Kier alpha value is -1.22. The lowest BCUT2D eigenvalue weighted by Crippen LogP contribution is -2.37. The van der Waals surface area contributed by atoms with E-state index in [1.807, 2.05) is 0 Å². The molecular weight excluding hydrogens is 357 g/mol. The van der Waals surface area contributed by atoms with E-state index in [1.54, 1.807) is 19.9 Å². The van der Waals surface area contributed by atoms with Crippen LogP contribution in [0, 0.1) is 5.82 Å². The van der Waals surface area contributed by atoms with Gasteiger partial charge in [0.1, 0.15) is 11.6 Å².